The van der Waals surface area contributed by atoms with Gasteiger partial charge in [-0.15, -0.1) is 0 Å². The number of nitrogens with zero attached hydrogens (tertiary/aromatic N) is 1. The molecule has 0 aromatic carbocycles. The molecule has 1 fully saturated rings. The minimum absolute atomic E-state index is 0.0386. The van der Waals surface area contributed by atoms with Crippen molar-refractivity contribution in [3.8, 4) is 0 Å². The maximum Gasteiger partial charge on any atom is 0.239 e. The van der Waals surface area contributed by atoms with Crippen LogP contribution < -0.4 is 5.32 Å². The molecule has 3 heteroatoms. The van der Waals surface area contributed by atoms with Gasteiger partial charge in [0, 0.05) is 19.6 Å². The molecule has 0 spiro atoms. The first-order valence-electron chi connectivity index (χ1n) is 6.55. The number of hydrogen-bond acceptors (Lipinski definition) is 2. The summed E-state index contributed by atoms with van der Waals surface area (Å²) in [5, 5.41) is 3.46. The lowest BCUT2D eigenvalue weighted by atomic mass is 9.87. The van der Waals surface area contributed by atoms with Crippen LogP contribution >= 0.6 is 0 Å². The second kappa shape index (κ2) is 6.24. The molecule has 94 valence electrons. The molecule has 3 nitrogen and oxygen atoms in total. The van der Waals surface area contributed by atoms with Gasteiger partial charge in [-0.3, -0.25) is 4.79 Å². The fourth-order valence-corrected chi connectivity index (χ4v) is 2.34. The smallest absolute Gasteiger partial charge is 0.239 e. The van der Waals surface area contributed by atoms with E-state index >= 15 is 0 Å². The Labute approximate surface area is 99.6 Å². The normalized spacial score (nSPS) is 27.5. The van der Waals surface area contributed by atoms with Crippen LogP contribution in [0, 0.1) is 5.92 Å². The van der Waals surface area contributed by atoms with E-state index in [1.807, 2.05) is 20.9 Å². The predicted molar refractivity (Wildman–Crippen MR) is 67.3 cm³/mol. The van der Waals surface area contributed by atoms with Crippen molar-refractivity contribution in [3.05, 3.63) is 0 Å². The summed E-state index contributed by atoms with van der Waals surface area (Å²) >= 11 is 0. The molecule has 1 N–H and O–H groups in total. The Hall–Kier alpha value is -0.570. The second-order valence-corrected chi connectivity index (χ2v) is 5.20. The van der Waals surface area contributed by atoms with E-state index in [0.717, 1.165) is 12.5 Å². The number of amides is 1. The Morgan fingerprint density at radius 3 is 2.44 bits per heavy atom. The molecule has 1 atom stereocenters. The van der Waals surface area contributed by atoms with Crippen LogP contribution in [-0.4, -0.2) is 36.5 Å². The first-order valence-corrected chi connectivity index (χ1v) is 6.55. The van der Waals surface area contributed by atoms with E-state index in [4.69, 9.17) is 0 Å². The molecule has 0 aromatic rings. The molecule has 1 rings (SSSR count). The van der Waals surface area contributed by atoms with E-state index in [0.29, 0.717) is 6.04 Å². The van der Waals surface area contributed by atoms with Crippen molar-refractivity contribution in [3.63, 3.8) is 0 Å². The van der Waals surface area contributed by atoms with E-state index < -0.39 is 0 Å². The molecule has 0 heterocycles. The van der Waals surface area contributed by atoms with Crippen molar-refractivity contribution in [1.29, 1.82) is 0 Å². The van der Waals surface area contributed by atoms with Crippen LogP contribution in [0.15, 0.2) is 0 Å². The zero-order valence-corrected chi connectivity index (χ0v) is 11.1. The molecule has 16 heavy (non-hydrogen) atoms. The van der Waals surface area contributed by atoms with Crippen LogP contribution in [0.1, 0.15) is 46.5 Å². The van der Waals surface area contributed by atoms with Crippen LogP contribution in [0.2, 0.25) is 0 Å². The molecule has 1 unspecified atom stereocenters. The summed E-state index contributed by atoms with van der Waals surface area (Å²) in [6.07, 6.45) is 5.02. The van der Waals surface area contributed by atoms with Gasteiger partial charge < -0.3 is 10.2 Å². The van der Waals surface area contributed by atoms with Crippen LogP contribution in [0.4, 0.5) is 0 Å². The highest BCUT2D eigenvalue weighted by Gasteiger charge is 2.23. The third-order valence-electron chi connectivity index (χ3n) is 3.72. The number of carbonyl (C=O) groups is 1. The van der Waals surface area contributed by atoms with Crippen molar-refractivity contribution >= 4 is 5.91 Å². The average Bonchev–Trinajstić information content (AvgIpc) is 2.30. The van der Waals surface area contributed by atoms with Crippen LogP contribution in [0.3, 0.4) is 0 Å². The fourth-order valence-electron chi connectivity index (χ4n) is 2.34. The third kappa shape index (κ3) is 3.78. The van der Waals surface area contributed by atoms with Gasteiger partial charge in [-0.1, -0.05) is 6.92 Å². The first kappa shape index (κ1) is 13.5. The molecule has 0 bridgehead atoms. The summed E-state index contributed by atoms with van der Waals surface area (Å²) in [5.74, 6) is 1.07. The molecule has 0 aliphatic heterocycles. The van der Waals surface area contributed by atoms with Gasteiger partial charge in [0.1, 0.15) is 0 Å². The van der Waals surface area contributed by atoms with Crippen molar-refractivity contribution < 1.29 is 4.79 Å². The molecule has 0 saturated heterocycles. The third-order valence-corrected chi connectivity index (χ3v) is 3.72. The molecule has 1 saturated carbocycles. The largest absolute Gasteiger partial charge is 0.345 e. The van der Waals surface area contributed by atoms with Gasteiger partial charge in [0.15, 0.2) is 0 Å². The number of hydrogen-bond donors (Lipinski definition) is 1. The molecule has 0 aromatic heterocycles. The highest BCUT2D eigenvalue weighted by molar-refractivity contribution is 5.81. The maximum absolute atomic E-state index is 11.9. The van der Waals surface area contributed by atoms with Gasteiger partial charge in [-0.25, -0.2) is 0 Å². The molecule has 0 radical (unpaired) electrons. The van der Waals surface area contributed by atoms with Gasteiger partial charge in [0.25, 0.3) is 0 Å². The SMILES string of the molecule is CCN(C)C(=O)C(C)NC1CCC(C)CC1. The minimum atomic E-state index is -0.0386. The molecule has 1 aliphatic rings. The van der Waals surface area contributed by atoms with E-state index in [-0.39, 0.29) is 11.9 Å². The van der Waals surface area contributed by atoms with E-state index in [1.165, 1.54) is 25.7 Å². The Bertz CT molecular complexity index is 222. The van der Waals surface area contributed by atoms with Crippen molar-refractivity contribution in [1.82, 2.24) is 10.2 Å². The summed E-state index contributed by atoms with van der Waals surface area (Å²) < 4.78 is 0. The summed E-state index contributed by atoms with van der Waals surface area (Å²) in [6.45, 7) is 7.08. The van der Waals surface area contributed by atoms with E-state index in [1.54, 1.807) is 4.90 Å². The number of nitrogens with one attached hydrogen (secondary N) is 1. The Kier molecular flexibility index (Phi) is 5.26. The van der Waals surface area contributed by atoms with Gasteiger partial charge in [-0.05, 0) is 45.4 Å². The van der Waals surface area contributed by atoms with Crippen LogP contribution in [-0.2, 0) is 4.79 Å². The standard InChI is InChI=1S/C13H26N2O/c1-5-15(4)13(16)11(3)14-12-8-6-10(2)7-9-12/h10-12,14H,5-9H2,1-4H3. The lowest BCUT2D eigenvalue weighted by Gasteiger charge is -2.30. The topological polar surface area (TPSA) is 32.3 Å². The monoisotopic (exact) mass is 226 g/mol. The van der Waals surface area contributed by atoms with Gasteiger partial charge in [-0.2, -0.15) is 0 Å². The predicted octanol–water partition coefficient (Wildman–Crippen LogP) is 2.02. The van der Waals surface area contributed by atoms with Crippen LogP contribution in [0.25, 0.3) is 0 Å². The van der Waals surface area contributed by atoms with Crippen molar-refractivity contribution in [2.24, 2.45) is 5.92 Å². The molecule has 1 aliphatic carbocycles. The Morgan fingerprint density at radius 2 is 1.94 bits per heavy atom. The Balaban J connectivity index is 2.33. The highest BCUT2D eigenvalue weighted by Crippen LogP contribution is 2.23. The summed E-state index contributed by atoms with van der Waals surface area (Å²) in [7, 11) is 1.86. The quantitative estimate of drug-likeness (QED) is 0.795. The van der Waals surface area contributed by atoms with Gasteiger partial charge >= 0.3 is 0 Å². The lowest BCUT2D eigenvalue weighted by Crippen LogP contribution is -2.48. The zero-order valence-electron chi connectivity index (χ0n) is 11.1. The maximum atomic E-state index is 11.9. The Morgan fingerprint density at radius 1 is 1.38 bits per heavy atom. The van der Waals surface area contributed by atoms with E-state index in [2.05, 4.69) is 12.2 Å². The highest BCUT2D eigenvalue weighted by atomic mass is 16.2. The van der Waals surface area contributed by atoms with Gasteiger partial charge in [0.05, 0.1) is 6.04 Å². The van der Waals surface area contributed by atoms with Crippen molar-refractivity contribution in [2.45, 2.75) is 58.5 Å². The fraction of sp³-hybridized carbons (Fsp3) is 0.923. The number of likely N-dealkylation sites (N-methyl/N-ethyl adjacent to an activating group) is 1. The first-order chi connectivity index (χ1) is 7.54. The number of rotatable bonds is 4. The van der Waals surface area contributed by atoms with Gasteiger partial charge in [0.2, 0.25) is 5.91 Å². The second-order valence-electron chi connectivity index (χ2n) is 5.20. The number of carbonyl (C=O) groups excluding carboxylic acids is 1. The molecular weight excluding hydrogens is 200 g/mol. The van der Waals surface area contributed by atoms with E-state index in [9.17, 15) is 4.79 Å². The average molecular weight is 226 g/mol. The summed E-state index contributed by atoms with van der Waals surface area (Å²) in [5.41, 5.74) is 0. The summed E-state index contributed by atoms with van der Waals surface area (Å²) in [4.78, 5) is 13.7. The molecule has 1 amide bonds. The molecular formula is C13H26N2O. The van der Waals surface area contributed by atoms with Crippen LogP contribution in [0.5, 0.6) is 0 Å². The lowest BCUT2D eigenvalue weighted by molar-refractivity contribution is -0.131. The zero-order chi connectivity index (χ0) is 12.1. The van der Waals surface area contributed by atoms with Crippen molar-refractivity contribution in [2.75, 3.05) is 13.6 Å². The summed E-state index contributed by atoms with van der Waals surface area (Å²) in [6, 6.07) is 0.503. The minimum Gasteiger partial charge on any atom is -0.345 e.